The van der Waals surface area contributed by atoms with Gasteiger partial charge in [0.05, 0.1) is 11.3 Å². The van der Waals surface area contributed by atoms with E-state index >= 15 is 0 Å². The van der Waals surface area contributed by atoms with Crippen molar-refractivity contribution in [2.24, 2.45) is 5.92 Å². The van der Waals surface area contributed by atoms with Gasteiger partial charge in [0.25, 0.3) is 5.91 Å². The molecule has 4 rings (SSSR count). The van der Waals surface area contributed by atoms with Crippen molar-refractivity contribution < 1.29 is 4.79 Å². The van der Waals surface area contributed by atoms with Gasteiger partial charge in [0.2, 0.25) is 0 Å². The maximum Gasteiger partial charge on any atom is 0.256 e. The van der Waals surface area contributed by atoms with Crippen LogP contribution in [0.15, 0.2) is 36.9 Å². The monoisotopic (exact) mass is 339 g/mol. The van der Waals surface area contributed by atoms with Crippen LogP contribution in [0.25, 0.3) is 5.69 Å². The minimum atomic E-state index is 0.102. The third-order valence-corrected chi connectivity index (χ3v) is 5.48. The van der Waals surface area contributed by atoms with Crippen LogP contribution in [0.2, 0.25) is 0 Å². The van der Waals surface area contributed by atoms with Gasteiger partial charge in [-0.15, -0.1) is 10.2 Å². The minimum absolute atomic E-state index is 0.102. The number of aromatic nitrogens is 3. The zero-order valence-electron chi connectivity index (χ0n) is 14.5. The van der Waals surface area contributed by atoms with Gasteiger partial charge in [-0.25, -0.2) is 0 Å². The van der Waals surface area contributed by atoms with Crippen LogP contribution in [-0.2, 0) is 0 Å². The van der Waals surface area contributed by atoms with Gasteiger partial charge < -0.3 is 4.90 Å². The number of benzene rings is 1. The van der Waals surface area contributed by atoms with E-state index in [1.165, 1.54) is 32.2 Å². The Kier molecular flexibility index (Phi) is 4.78. The Balaban J connectivity index is 1.41. The zero-order valence-corrected chi connectivity index (χ0v) is 14.5. The van der Waals surface area contributed by atoms with Gasteiger partial charge in [0.15, 0.2) is 0 Å². The number of piperazine rings is 1. The predicted octanol–water partition coefficient (Wildman–Crippen LogP) is 2.22. The van der Waals surface area contributed by atoms with E-state index in [2.05, 4.69) is 15.1 Å². The van der Waals surface area contributed by atoms with Crippen molar-refractivity contribution in [2.45, 2.75) is 25.7 Å². The van der Waals surface area contributed by atoms with Crippen LogP contribution in [0, 0.1) is 5.92 Å². The highest BCUT2D eigenvalue weighted by molar-refractivity contribution is 5.97. The first-order chi connectivity index (χ1) is 12.3. The molecule has 0 atom stereocenters. The number of carbonyl (C=O) groups excluding carboxylic acids is 1. The molecule has 1 aromatic heterocycles. The summed E-state index contributed by atoms with van der Waals surface area (Å²) in [5, 5.41) is 7.70. The van der Waals surface area contributed by atoms with E-state index in [-0.39, 0.29) is 5.91 Å². The average molecular weight is 339 g/mol. The van der Waals surface area contributed by atoms with Gasteiger partial charge in [0.1, 0.15) is 12.7 Å². The van der Waals surface area contributed by atoms with Gasteiger partial charge in [-0.1, -0.05) is 25.0 Å². The summed E-state index contributed by atoms with van der Waals surface area (Å²) in [6, 6.07) is 7.68. The van der Waals surface area contributed by atoms with Crippen LogP contribution in [0.5, 0.6) is 0 Å². The molecule has 1 saturated carbocycles. The number of amides is 1. The standard InChI is InChI=1S/C19H25N5O/c25-19(17-7-3-4-8-18(17)24-14-20-21-15-24)23-11-9-22(10-12-23)13-16-5-1-2-6-16/h3-4,7-8,14-16H,1-2,5-6,9-13H2. The molecule has 1 aliphatic heterocycles. The van der Waals surface area contributed by atoms with Gasteiger partial charge in [-0.05, 0) is 30.9 Å². The topological polar surface area (TPSA) is 54.3 Å². The molecule has 132 valence electrons. The Morgan fingerprint density at radius 1 is 1.00 bits per heavy atom. The lowest BCUT2D eigenvalue weighted by molar-refractivity contribution is 0.0618. The zero-order chi connectivity index (χ0) is 17.1. The number of nitrogens with zero attached hydrogens (tertiary/aromatic N) is 5. The first-order valence-corrected chi connectivity index (χ1v) is 9.27. The number of hydrogen-bond acceptors (Lipinski definition) is 4. The fraction of sp³-hybridized carbons (Fsp3) is 0.526. The largest absolute Gasteiger partial charge is 0.336 e. The average Bonchev–Trinajstić information content (AvgIpc) is 3.36. The third-order valence-electron chi connectivity index (χ3n) is 5.48. The van der Waals surface area contributed by atoms with Gasteiger partial charge in [0, 0.05) is 32.7 Å². The SMILES string of the molecule is O=C(c1ccccc1-n1cnnc1)N1CCN(CC2CCCC2)CC1. The fourth-order valence-corrected chi connectivity index (χ4v) is 4.07. The van der Waals surface area contributed by atoms with Crippen LogP contribution in [0.1, 0.15) is 36.0 Å². The van der Waals surface area contributed by atoms with Crippen molar-refractivity contribution in [2.75, 3.05) is 32.7 Å². The summed E-state index contributed by atoms with van der Waals surface area (Å²) in [4.78, 5) is 17.5. The molecule has 6 heteroatoms. The molecule has 2 heterocycles. The summed E-state index contributed by atoms with van der Waals surface area (Å²) < 4.78 is 1.80. The van der Waals surface area contributed by atoms with Gasteiger partial charge in [-0.3, -0.25) is 14.3 Å². The first-order valence-electron chi connectivity index (χ1n) is 9.27. The summed E-state index contributed by atoms with van der Waals surface area (Å²) >= 11 is 0. The molecule has 0 radical (unpaired) electrons. The van der Waals surface area contributed by atoms with Crippen molar-refractivity contribution >= 4 is 5.91 Å². The molecule has 2 aromatic rings. The molecule has 0 bridgehead atoms. The second-order valence-corrected chi connectivity index (χ2v) is 7.13. The summed E-state index contributed by atoms with van der Waals surface area (Å²) in [5.74, 6) is 0.974. The lowest BCUT2D eigenvalue weighted by atomic mass is 10.1. The maximum absolute atomic E-state index is 13.0. The maximum atomic E-state index is 13.0. The molecule has 25 heavy (non-hydrogen) atoms. The Hall–Kier alpha value is -2.21. The van der Waals surface area contributed by atoms with E-state index in [0.29, 0.717) is 5.56 Å². The van der Waals surface area contributed by atoms with Crippen molar-refractivity contribution in [1.29, 1.82) is 0 Å². The molecule has 1 amide bonds. The van der Waals surface area contributed by atoms with Crippen LogP contribution >= 0.6 is 0 Å². The number of para-hydroxylation sites is 1. The summed E-state index contributed by atoms with van der Waals surface area (Å²) in [6.07, 6.45) is 8.81. The molecule has 0 spiro atoms. The van der Waals surface area contributed by atoms with Crippen molar-refractivity contribution in [3.63, 3.8) is 0 Å². The molecule has 2 aliphatic rings. The van der Waals surface area contributed by atoms with Crippen molar-refractivity contribution in [3.05, 3.63) is 42.5 Å². The van der Waals surface area contributed by atoms with E-state index in [0.717, 1.165) is 37.8 Å². The quantitative estimate of drug-likeness (QED) is 0.857. The summed E-state index contributed by atoms with van der Waals surface area (Å²) in [5.41, 5.74) is 1.55. The predicted molar refractivity (Wildman–Crippen MR) is 95.7 cm³/mol. The Morgan fingerprint density at radius 2 is 1.68 bits per heavy atom. The van der Waals surface area contributed by atoms with Gasteiger partial charge in [-0.2, -0.15) is 0 Å². The van der Waals surface area contributed by atoms with Crippen molar-refractivity contribution in [3.8, 4) is 5.69 Å². The summed E-state index contributed by atoms with van der Waals surface area (Å²) in [7, 11) is 0. The lowest BCUT2D eigenvalue weighted by Crippen LogP contribution is -2.49. The number of rotatable bonds is 4. The van der Waals surface area contributed by atoms with E-state index in [4.69, 9.17) is 0 Å². The van der Waals surface area contributed by atoms with E-state index < -0.39 is 0 Å². The highest BCUT2D eigenvalue weighted by Crippen LogP contribution is 2.26. The number of carbonyl (C=O) groups is 1. The minimum Gasteiger partial charge on any atom is -0.336 e. The third kappa shape index (κ3) is 3.58. The molecular formula is C19H25N5O. The molecule has 2 fully saturated rings. The second-order valence-electron chi connectivity index (χ2n) is 7.13. The first kappa shape index (κ1) is 16.3. The molecule has 1 aromatic carbocycles. The second kappa shape index (κ2) is 7.35. The number of hydrogen-bond donors (Lipinski definition) is 0. The smallest absolute Gasteiger partial charge is 0.256 e. The van der Waals surface area contributed by atoms with E-state index in [1.807, 2.05) is 29.2 Å². The Labute approximate surface area is 148 Å². The molecule has 1 aliphatic carbocycles. The van der Waals surface area contributed by atoms with Crippen LogP contribution in [0.4, 0.5) is 0 Å². The van der Waals surface area contributed by atoms with Crippen LogP contribution in [0.3, 0.4) is 0 Å². The molecule has 0 N–H and O–H groups in total. The molecule has 1 saturated heterocycles. The summed E-state index contributed by atoms with van der Waals surface area (Å²) in [6.45, 7) is 4.79. The lowest BCUT2D eigenvalue weighted by Gasteiger charge is -2.36. The van der Waals surface area contributed by atoms with E-state index in [1.54, 1.807) is 17.2 Å². The Morgan fingerprint density at radius 3 is 2.40 bits per heavy atom. The highest BCUT2D eigenvalue weighted by Gasteiger charge is 2.26. The molecule has 6 nitrogen and oxygen atoms in total. The molecule has 0 unspecified atom stereocenters. The van der Waals surface area contributed by atoms with Crippen molar-refractivity contribution in [1.82, 2.24) is 24.6 Å². The molecular weight excluding hydrogens is 314 g/mol. The normalized spacial score (nSPS) is 19.4. The highest BCUT2D eigenvalue weighted by atomic mass is 16.2. The van der Waals surface area contributed by atoms with Crippen LogP contribution < -0.4 is 0 Å². The Bertz CT molecular complexity index is 700. The van der Waals surface area contributed by atoms with Gasteiger partial charge >= 0.3 is 0 Å². The van der Waals surface area contributed by atoms with E-state index in [9.17, 15) is 4.79 Å². The fourth-order valence-electron chi connectivity index (χ4n) is 4.07. The van der Waals surface area contributed by atoms with Crippen LogP contribution in [-0.4, -0.2) is 63.2 Å².